The summed E-state index contributed by atoms with van der Waals surface area (Å²) < 4.78 is 0. The van der Waals surface area contributed by atoms with Crippen LogP contribution < -0.4 is 4.90 Å². The van der Waals surface area contributed by atoms with E-state index in [4.69, 9.17) is 0 Å². The van der Waals surface area contributed by atoms with Crippen molar-refractivity contribution in [2.45, 2.75) is 25.4 Å². The standard InChI is InChI=1S/C10H15N3O/c1-10(14)4-2-7-13(8-10)9-11-5-3-6-12-9/h3,5-6,14H,2,4,7-8H2,1H3. The molecule has 0 saturated carbocycles. The molecule has 2 heterocycles. The fourth-order valence-electron chi connectivity index (χ4n) is 1.85. The van der Waals surface area contributed by atoms with Crippen LogP contribution in [0.15, 0.2) is 18.5 Å². The summed E-state index contributed by atoms with van der Waals surface area (Å²) >= 11 is 0. The van der Waals surface area contributed by atoms with Gasteiger partial charge in [0, 0.05) is 25.5 Å². The molecule has 0 aromatic carbocycles. The molecule has 0 aliphatic carbocycles. The fourth-order valence-corrected chi connectivity index (χ4v) is 1.85. The van der Waals surface area contributed by atoms with Crippen LogP contribution in [0.4, 0.5) is 5.95 Å². The molecule has 2 rings (SSSR count). The van der Waals surface area contributed by atoms with Crippen LogP contribution in [0.1, 0.15) is 19.8 Å². The third-order valence-corrected chi connectivity index (χ3v) is 2.51. The number of piperidine rings is 1. The lowest BCUT2D eigenvalue weighted by Gasteiger charge is -2.36. The maximum atomic E-state index is 9.91. The van der Waals surface area contributed by atoms with Crippen LogP contribution in [-0.2, 0) is 0 Å². The Kier molecular flexibility index (Phi) is 2.37. The van der Waals surface area contributed by atoms with Gasteiger partial charge in [-0.2, -0.15) is 0 Å². The van der Waals surface area contributed by atoms with Crippen LogP contribution in [0, 0.1) is 0 Å². The van der Waals surface area contributed by atoms with E-state index in [0.717, 1.165) is 19.4 Å². The highest BCUT2D eigenvalue weighted by molar-refractivity contribution is 5.30. The lowest BCUT2D eigenvalue weighted by molar-refractivity contribution is 0.0444. The number of aromatic nitrogens is 2. The Bertz CT molecular complexity index is 299. The van der Waals surface area contributed by atoms with Gasteiger partial charge in [0.2, 0.25) is 5.95 Å². The number of β-amino-alcohol motifs (C(OH)–C–C–N with tert-alkyl or cyclic N) is 1. The number of hydrogen-bond donors (Lipinski definition) is 1. The van der Waals surface area contributed by atoms with Gasteiger partial charge in [-0.3, -0.25) is 0 Å². The molecule has 1 aromatic rings. The number of hydrogen-bond acceptors (Lipinski definition) is 4. The van der Waals surface area contributed by atoms with Crippen LogP contribution >= 0.6 is 0 Å². The maximum absolute atomic E-state index is 9.91. The first-order chi connectivity index (χ1) is 6.67. The van der Waals surface area contributed by atoms with Gasteiger partial charge in [0.15, 0.2) is 0 Å². The molecule has 1 unspecified atom stereocenters. The zero-order chi connectivity index (χ0) is 10.0. The molecule has 1 atom stereocenters. The second-order valence-electron chi connectivity index (χ2n) is 4.07. The van der Waals surface area contributed by atoms with Gasteiger partial charge >= 0.3 is 0 Å². The third kappa shape index (κ3) is 2.01. The molecule has 1 fully saturated rings. The topological polar surface area (TPSA) is 49.2 Å². The Morgan fingerprint density at radius 3 is 2.79 bits per heavy atom. The largest absolute Gasteiger partial charge is 0.388 e. The van der Waals surface area contributed by atoms with Gasteiger partial charge in [-0.1, -0.05) is 0 Å². The molecule has 0 amide bonds. The summed E-state index contributed by atoms with van der Waals surface area (Å²) in [5.74, 6) is 0.715. The van der Waals surface area contributed by atoms with E-state index in [0.29, 0.717) is 12.5 Å². The Balaban J connectivity index is 2.12. The fraction of sp³-hybridized carbons (Fsp3) is 0.600. The average Bonchev–Trinajstić information content (AvgIpc) is 2.18. The molecule has 1 aliphatic heterocycles. The number of anilines is 1. The van der Waals surface area contributed by atoms with Crippen LogP contribution in [-0.4, -0.2) is 33.8 Å². The Morgan fingerprint density at radius 1 is 1.43 bits per heavy atom. The van der Waals surface area contributed by atoms with Crippen molar-refractivity contribution in [3.63, 3.8) is 0 Å². The van der Waals surface area contributed by atoms with Gasteiger partial charge in [-0.15, -0.1) is 0 Å². The first kappa shape index (κ1) is 9.40. The molecule has 0 bridgehead atoms. The smallest absolute Gasteiger partial charge is 0.225 e. The predicted molar refractivity (Wildman–Crippen MR) is 54.1 cm³/mol. The minimum absolute atomic E-state index is 0.600. The number of rotatable bonds is 1. The van der Waals surface area contributed by atoms with E-state index in [1.54, 1.807) is 18.5 Å². The summed E-state index contributed by atoms with van der Waals surface area (Å²) in [5, 5.41) is 9.91. The van der Waals surface area contributed by atoms with Crippen molar-refractivity contribution >= 4 is 5.95 Å². The van der Waals surface area contributed by atoms with E-state index in [1.165, 1.54) is 0 Å². The number of aliphatic hydroxyl groups is 1. The second-order valence-corrected chi connectivity index (χ2v) is 4.07. The van der Waals surface area contributed by atoms with Crippen molar-refractivity contribution in [1.29, 1.82) is 0 Å². The zero-order valence-electron chi connectivity index (χ0n) is 8.35. The normalized spacial score (nSPS) is 27.7. The minimum atomic E-state index is -0.600. The highest BCUT2D eigenvalue weighted by atomic mass is 16.3. The van der Waals surface area contributed by atoms with E-state index >= 15 is 0 Å². The molecule has 14 heavy (non-hydrogen) atoms. The summed E-state index contributed by atoms with van der Waals surface area (Å²) in [5.41, 5.74) is -0.600. The Labute approximate surface area is 83.6 Å². The van der Waals surface area contributed by atoms with E-state index in [9.17, 15) is 5.11 Å². The molecule has 1 saturated heterocycles. The van der Waals surface area contributed by atoms with E-state index in [1.807, 2.05) is 11.8 Å². The lowest BCUT2D eigenvalue weighted by Crippen LogP contribution is -2.46. The molecular weight excluding hydrogens is 178 g/mol. The minimum Gasteiger partial charge on any atom is -0.388 e. The quantitative estimate of drug-likeness (QED) is 0.717. The Hall–Kier alpha value is -1.16. The van der Waals surface area contributed by atoms with Crippen LogP contribution in [0.25, 0.3) is 0 Å². The van der Waals surface area contributed by atoms with Crippen molar-refractivity contribution in [3.05, 3.63) is 18.5 Å². The predicted octanol–water partition coefficient (Wildman–Crippen LogP) is 0.828. The summed E-state index contributed by atoms with van der Waals surface area (Å²) in [7, 11) is 0. The zero-order valence-corrected chi connectivity index (χ0v) is 8.35. The van der Waals surface area contributed by atoms with Gasteiger partial charge in [0.05, 0.1) is 5.60 Å². The monoisotopic (exact) mass is 193 g/mol. The van der Waals surface area contributed by atoms with E-state index in [-0.39, 0.29) is 0 Å². The Morgan fingerprint density at radius 2 is 2.14 bits per heavy atom. The van der Waals surface area contributed by atoms with Crippen molar-refractivity contribution in [3.8, 4) is 0 Å². The number of nitrogens with zero attached hydrogens (tertiary/aromatic N) is 3. The van der Waals surface area contributed by atoms with Crippen molar-refractivity contribution in [2.24, 2.45) is 0 Å². The molecule has 4 nitrogen and oxygen atoms in total. The molecule has 4 heteroatoms. The summed E-state index contributed by atoms with van der Waals surface area (Å²) in [6.45, 7) is 3.42. The molecule has 0 spiro atoms. The average molecular weight is 193 g/mol. The summed E-state index contributed by atoms with van der Waals surface area (Å²) in [6, 6.07) is 1.80. The first-order valence-electron chi connectivity index (χ1n) is 4.92. The van der Waals surface area contributed by atoms with E-state index in [2.05, 4.69) is 9.97 Å². The second kappa shape index (κ2) is 3.53. The van der Waals surface area contributed by atoms with Gasteiger partial charge in [-0.05, 0) is 25.8 Å². The highest BCUT2D eigenvalue weighted by Gasteiger charge is 2.29. The highest BCUT2D eigenvalue weighted by Crippen LogP contribution is 2.22. The van der Waals surface area contributed by atoms with Gasteiger partial charge < -0.3 is 10.0 Å². The summed E-state index contributed by atoms with van der Waals surface area (Å²) in [4.78, 5) is 10.4. The molecule has 1 N–H and O–H groups in total. The molecule has 0 radical (unpaired) electrons. The first-order valence-corrected chi connectivity index (χ1v) is 4.92. The third-order valence-electron chi connectivity index (χ3n) is 2.51. The molecule has 1 aromatic heterocycles. The van der Waals surface area contributed by atoms with Gasteiger partial charge in [0.1, 0.15) is 0 Å². The van der Waals surface area contributed by atoms with Crippen LogP contribution in [0.2, 0.25) is 0 Å². The lowest BCUT2D eigenvalue weighted by atomic mass is 9.95. The van der Waals surface area contributed by atoms with Crippen LogP contribution in [0.3, 0.4) is 0 Å². The van der Waals surface area contributed by atoms with Crippen molar-refractivity contribution in [1.82, 2.24) is 9.97 Å². The summed E-state index contributed by atoms with van der Waals surface area (Å²) in [6.07, 6.45) is 5.30. The van der Waals surface area contributed by atoms with Crippen LogP contribution in [0.5, 0.6) is 0 Å². The van der Waals surface area contributed by atoms with Gasteiger partial charge in [0.25, 0.3) is 0 Å². The maximum Gasteiger partial charge on any atom is 0.225 e. The van der Waals surface area contributed by atoms with Gasteiger partial charge in [-0.25, -0.2) is 9.97 Å². The van der Waals surface area contributed by atoms with E-state index < -0.39 is 5.60 Å². The molecular formula is C10H15N3O. The molecule has 1 aliphatic rings. The molecule has 76 valence electrons. The SMILES string of the molecule is CC1(O)CCCN(c2ncccn2)C1. The van der Waals surface area contributed by atoms with Crippen molar-refractivity contribution < 1.29 is 5.11 Å². The van der Waals surface area contributed by atoms with Crippen molar-refractivity contribution in [2.75, 3.05) is 18.0 Å².